The first-order valence-electron chi connectivity index (χ1n) is 5.93. The van der Waals surface area contributed by atoms with Crippen LogP contribution in [0.1, 0.15) is 36.1 Å². The minimum absolute atomic E-state index is 0.0350. The molecule has 2 aromatic rings. The van der Waals surface area contributed by atoms with Gasteiger partial charge in [-0.05, 0) is 26.0 Å². The summed E-state index contributed by atoms with van der Waals surface area (Å²) >= 11 is 0. The minimum atomic E-state index is -0.291. The van der Waals surface area contributed by atoms with Crippen LogP contribution in [0.5, 0.6) is 5.75 Å². The Morgan fingerprint density at radius 2 is 2.21 bits per heavy atom. The fourth-order valence-electron chi connectivity index (χ4n) is 1.82. The molecule has 0 unspecified atom stereocenters. The van der Waals surface area contributed by atoms with Crippen molar-refractivity contribution in [1.82, 2.24) is 14.8 Å². The van der Waals surface area contributed by atoms with Gasteiger partial charge in [-0.1, -0.05) is 0 Å². The number of pyridine rings is 1. The van der Waals surface area contributed by atoms with Crippen LogP contribution >= 0.6 is 0 Å². The van der Waals surface area contributed by atoms with E-state index in [-0.39, 0.29) is 17.5 Å². The zero-order valence-corrected chi connectivity index (χ0v) is 11.1. The van der Waals surface area contributed by atoms with Crippen molar-refractivity contribution in [3.05, 3.63) is 35.9 Å². The zero-order valence-electron chi connectivity index (χ0n) is 11.1. The highest BCUT2D eigenvalue weighted by Gasteiger charge is 2.24. The topological polar surface area (TPSA) is 83.0 Å². The molecule has 0 aliphatic carbocycles. The third kappa shape index (κ3) is 2.29. The SMILES string of the molecule is COc1cnn(C(C)C)c1C(=O)c1ncccc1N. The minimum Gasteiger partial charge on any atom is -0.493 e. The molecule has 0 fully saturated rings. The Morgan fingerprint density at radius 3 is 2.79 bits per heavy atom. The Labute approximate surface area is 111 Å². The van der Waals surface area contributed by atoms with Gasteiger partial charge in [0.25, 0.3) is 0 Å². The second kappa shape index (κ2) is 5.09. The standard InChI is InChI=1S/C13H16N4O2/c1-8(2)17-12(10(19-3)7-16-17)13(18)11-9(14)5-4-6-15-11/h4-8H,14H2,1-3H3. The Bertz CT molecular complexity index is 604. The summed E-state index contributed by atoms with van der Waals surface area (Å²) in [5.41, 5.74) is 6.71. The molecule has 0 aliphatic rings. The highest BCUT2D eigenvalue weighted by atomic mass is 16.5. The summed E-state index contributed by atoms with van der Waals surface area (Å²) in [5.74, 6) is 0.130. The highest BCUT2D eigenvalue weighted by molar-refractivity contribution is 6.11. The van der Waals surface area contributed by atoms with E-state index in [0.717, 1.165) is 0 Å². The van der Waals surface area contributed by atoms with Gasteiger partial charge in [0, 0.05) is 12.2 Å². The molecule has 6 nitrogen and oxygen atoms in total. The van der Waals surface area contributed by atoms with Crippen LogP contribution in [-0.2, 0) is 0 Å². The molecule has 0 amide bonds. The van der Waals surface area contributed by atoms with Crippen LogP contribution in [0.15, 0.2) is 24.5 Å². The van der Waals surface area contributed by atoms with Gasteiger partial charge in [0.1, 0.15) is 5.69 Å². The van der Waals surface area contributed by atoms with Gasteiger partial charge in [-0.25, -0.2) is 0 Å². The lowest BCUT2D eigenvalue weighted by molar-refractivity contribution is 0.102. The number of nitrogen functional groups attached to an aromatic ring is 1. The molecule has 0 saturated heterocycles. The summed E-state index contributed by atoms with van der Waals surface area (Å²) in [6, 6.07) is 3.36. The number of methoxy groups -OCH3 is 1. The summed E-state index contributed by atoms with van der Waals surface area (Å²) < 4.78 is 6.79. The fraction of sp³-hybridized carbons (Fsp3) is 0.308. The van der Waals surface area contributed by atoms with E-state index in [0.29, 0.717) is 17.1 Å². The first kappa shape index (κ1) is 13.1. The molecule has 0 aliphatic heterocycles. The molecule has 2 rings (SSSR count). The molecule has 0 spiro atoms. The van der Waals surface area contributed by atoms with E-state index in [1.54, 1.807) is 16.8 Å². The predicted octanol–water partition coefficient (Wildman–Crippen LogP) is 1.68. The molecule has 0 aromatic carbocycles. The van der Waals surface area contributed by atoms with Crippen LogP contribution < -0.4 is 10.5 Å². The number of rotatable bonds is 4. The van der Waals surface area contributed by atoms with Gasteiger partial charge in [-0.2, -0.15) is 5.10 Å². The number of aromatic nitrogens is 3. The molecule has 0 atom stereocenters. The average Bonchev–Trinajstić information content (AvgIpc) is 2.82. The second-order valence-corrected chi connectivity index (χ2v) is 4.37. The maximum atomic E-state index is 12.5. The molecule has 19 heavy (non-hydrogen) atoms. The van der Waals surface area contributed by atoms with Crippen LogP contribution in [0.25, 0.3) is 0 Å². The number of hydrogen-bond donors (Lipinski definition) is 1. The predicted molar refractivity (Wildman–Crippen MR) is 71.2 cm³/mol. The van der Waals surface area contributed by atoms with Crippen LogP contribution in [0.4, 0.5) is 5.69 Å². The molecule has 2 N–H and O–H groups in total. The summed E-state index contributed by atoms with van der Waals surface area (Å²) in [6.45, 7) is 3.87. The number of hydrogen-bond acceptors (Lipinski definition) is 5. The summed E-state index contributed by atoms with van der Waals surface area (Å²) in [6.07, 6.45) is 3.05. The first-order valence-corrected chi connectivity index (χ1v) is 5.93. The lowest BCUT2D eigenvalue weighted by Gasteiger charge is -2.11. The molecule has 0 bridgehead atoms. The maximum absolute atomic E-state index is 12.5. The van der Waals surface area contributed by atoms with Gasteiger partial charge < -0.3 is 10.5 Å². The Balaban J connectivity index is 2.55. The Hall–Kier alpha value is -2.37. The average molecular weight is 260 g/mol. The fourth-order valence-corrected chi connectivity index (χ4v) is 1.82. The number of ketones is 1. The molecular formula is C13H16N4O2. The number of nitrogens with two attached hydrogens (primary N) is 1. The van der Waals surface area contributed by atoms with E-state index in [1.165, 1.54) is 19.5 Å². The van der Waals surface area contributed by atoms with Crippen molar-refractivity contribution in [2.75, 3.05) is 12.8 Å². The van der Waals surface area contributed by atoms with E-state index in [1.807, 2.05) is 13.8 Å². The van der Waals surface area contributed by atoms with E-state index < -0.39 is 0 Å². The van der Waals surface area contributed by atoms with Crippen molar-refractivity contribution in [3.8, 4) is 5.75 Å². The van der Waals surface area contributed by atoms with Crippen LogP contribution in [-0.4, -0.2) is 27.7 Å². The van der Waals surface area contributed by atoms with Gasteiger partial charge >= 0.3 is 0 Å². The summed E-state index contributed by atoms with van der Waals surface area (Å²) in [4.78, 5) is 16.6. The molecule has 2 heterocycles. The van der Waals surface area contributed by atoms with Gasteiger partial charge in [0.15, 0.2) is 11.4 Å². The van der Waals surface area contributed by atoms with Crippen molar-refractivity contribution in [2.45, 2.75) is 19.9 Å². The third-order valence-electron chi connectivity index (χ3n) is 2.74. The smallest absolute Gasteiger partial charge is 0.235 e. The van der Waals surface area contributed by atoms with Gasteiger partial charge in [-0.15, -0.1) is 0 Å². The highest BCUT2D eigenvalue weighted by Crippen LogP contribution is 2.25. The lowest BCUT2D eigenvalue weighted by atomic mass is 10.1. The van der Waals surface area contributed by atoms with Gasteiger partial charge in [0.05, 0.1) is 19.0 Å². The summed E-state index contributed by atoms with van der Waals surface area (Å²) in [7, 11) is 1.50. The second-order valence-electron chi connectivity index (χ2n) is 4.37. The normalized spacial score (nSPS) is 10.7. The quantitative estimate of drug-likeness (QED) is 0.846. The van der Waals surface area contributed by atoms with Crippen LogP contribution in [0.2, 0.25) is 0 Å². The van der Waals surface area contributed by atoms with Crippen molar-refractivity contribution in [2.24, 2.45) is 0 Å². The number of ether oxygens (including phenoxy) is 1. The van der Waals surface area contributed by atoms with Crippen LogP contribution in [0, 0.1) is 0 Å². The van der Waals surface area contributed by atoms with Crippen molar-refractivity contribution in [1.29, 1.82) is 0 Å². The van der Waals surface area contributed by atoms with Crippen LogP contribution in [0.3, 0.4) is 0 Å². The molecule has 0 saturated carbocycles. The number of carbonyl (C=O) groups is 1. The summed E-state index contributed by atoms with van der Waals surface area (Å²) in [5, 5.41) is 4.16. The van der Waals surface area contributed by atoms with Gasteiger partial charge in [0.2, 0.25) is 5.78 Å². The van der Waals surface area contributed by atoms with Crippen molar-refractivity contribution < 1.29 is 9.53 Å². The maximum Gasteiger partial charge on any atom is 0.235 e. The largest absolute Gasteiger partial charge is 0.493 e. The molecule has 6 heteroatoms. The Kier molecular flexibility index (Phi) is 3.50. The number of nitrogens with zero attached hydrogens (tertiary/aromatic N) is 3. The van der Waals surface area contributed by atoms with Crippen molar-refractivity contribution >= 4 is 11.5 Å². The number of carbonyl (C=O) groups excluding carboxylic acids is 1. The third-order valence-corrected chi connectivity index (χ3v) is 2.74. The number of anilines is 1. The molecule has 100 valence electrons. The molecule has 2 aromatic heterocycles. The molecular weight excluding hydrogens is 244 g/mol. The Morgan fingerprint density at radius 1 is 1.47 bits per heavy atom. The molecule has 0 radical (unpaired) electrons. The van der Waals surface area contributed by atoms with Crippen molar-refractivity contribution in [3.63, 3.8) is 0 Å². The lowest BCUT2D eigenvalue weighted by Crippen LogP contribution is -2.16. The van der Waals surface area contributed by atoms with E-state index in [2.05, 4.69) is 10.1 Å². The van der Waals surface area contributed by atoms with Gasteiger partial charge in [-0.3, -0.25) is 14.5 Å². The monoisotopic (exact) mass is 260 g/mol. The van der Waals surface area contributed by atoms with E-state index >= 15 is 0 Å². The zero-order chi connectivity index (χ0) is 14.0. The van der Waals surface area contributed by atoms with E-state index in [4.69, 9.17) is 10.5 Å². The van der Waals surface area contributed by atoms with E-state index in [9.17, 15) is 4.79 Å². The first-order chi connectivity index (χ1) is 9.06.